The summed E-state index contributed by atoms with van der Waals surface area (Å²) >= 11 is 1.85. The molecule has 0 bridgehead atoms. The van der Waals surface area contributed by atoms with Crippen LogP contribution in [0.25, 0.3) is 0 Å². The molecular weight excluding hydrogens is 306 g/mol. The molecule has 1 amide bonds. The van der Waals surface area contributed by atoms with E-state index in [2.05, 4.69) is 29.1 Å². The van der Waals surface area contributed by atoms with Gasteiger partial charge in [-0.25, -0.2) is 0 Å². The SMILES string of the molecule is Cc1ccc([C@@H]2C[C@H]2C(=O)N2CCCC[C@H]2Cn2cccn2)s1. The number of piperidine rings is 1. The predicted molar refractivity (Wildman–Crippen MR) is 91.5 cm³/mol. The van der Waals surface area contributed by atoms with E-state index in [9.17, 15) is 4.79 Å². The molecule has 5 heteroatoms. The lowest BCUT2D eigenvalue weighted by atomic mass is 10.0. The lowest BCUT2D eigenvalue weighted by Gasteiger charge is -2.36. The van der Waals surface area contributed by atoms with Crippen molar-refractivity contribution in [1.82, 2.24) is 14.7 Å². The summed E-state index contributed by atoms with van der Waals surface area (Å²) in [5, 5.41) is 4.31. The monoisotopic (exact) mass is 329 g/mol. The summed E-state index contributed by atoms with van der Waals surface area (Å²) in [7, 11) is 0. The van der Waals surface area contributed by atoms with Gasteiger partial charge in [0.1, 0.15) is 0 Å². The van der Waals surface area contributed by atoms with E-state index >= 15 is 0 Å². The number of hydrogen-bond acceptors (Lipinski definition) is 3. The van der Waals surface area contributed by atoms with E-state index in [4.69, 9.17) is 0 Å². The first kappa shape index (κ1) is 14.9. The number of rotatable bonds is 4. The summed E-state index contributed by atoms with van der Waals surface area (Å²) in [6, 6.07) is 6.63. The zero-order chi connectivity index (χ0) is 15.8. The molecule has 122 valence electrons. The minimum Gasteiger partial charge on any atom is -0.338 e. The molecule has 23 heavy (non-hydrogen) atoms. The van der Waals surface area contributed by atoms with Gasteiger partial charge >= 0.3 is 0 Å². The molecule has 2 aliphatic rings. The number of carbonyl (C=O) groups excluding carboxylic acids is 1. The normalized spacial score (nSPS) is 27.2. The fourth-order valence-corrected chi connectivity index (χ4v) is 4.81. The lowest BCUT2D eigenvalue weighted by Crippen LogP contribution is -2.46. The molecule has 1 aliphatic heterocycles. The van der Waals surface area contributed by atoms with Crippen molar-refractivity contribution in [2.24, 2.45) is 5.92 Å². The minimum atomic E-state index is 0.214. The number of aromatic nitrogens is 2. The highest BCUT2D eigenvalue weighted by molar-refractivity contribution is 7.12. The second-order valence-corrected chi connectivity index (χ2v) is 8.13. The van der Waals surface area contributed by atoms with Crippen LogP contribution in [0.15, 0.2) is 30.6 Å². The highest BCUT2D eigenvalue weighted by atomic mass is 32.1. The third-order valence-corrected chi connectivity index (χ3v) is 6.23. The average molecular weight is 329 g/mol. The van der Waals surface area contributed by atoms with E-state index < -0.39 is 0 Å². The molecule has 0 aromatic carbocycles. The first-order valence-corrected chi connectivity index (χ1v) is 9.38. The number of likely N-dealkylation sites (tertiary alicyclic amines) is 1. The number of carbonyl (C=O) groups is 1. The van der Waals surface area contributed by atoms with Gasteiger partial charge in [0.25, 0.3) is 0 Å². The van der Waals surface area contributed by atoms with Gasteiger partial charge < -0.3 is 4.90 Å². The number of aryl methyl sites for hydroxylation is 1. The molecule has 1 saturated carbocycles. The minimum absolute atomic E-state index is 0.214. The van der Waals surface area contributed by atoms with E-state index in [1.54, 1.807) is 0 Å². The van der Waals surface area contributed by atoms with Gasteiger partial charge in [0, 0.05) is 40.5 Å². The van der Waals surface area contributed by atoms with Crippen molar-refractivity contribution in [3.8, 4) is 0 Å². The highest BCUT2D eigenvalue weighted by Crippen LogP contribution is 2.51. The summed E-state index contributed by atoms with van der Waals surface area (Å²) in [4.78, 5) is 17.9. The van der Waals surface area contributed by atoms with E-state index in [0.717, 1.165) is 32.4 Å². The molecule has 0 N–H and O–H groups in total. The van der Waals surface area contributed by atoms with E-state index in [1.165, 1.54) is 16.2 Å². The van der Waals surface area contributed by atoms with Crippen LogP contribution >= 0.6 is 11.3 Å². The fourth-order valence-electron chi connectivity index (χ4n) is 3.75. The van der Waals surface area contributed by atoms with Crippen LogP contribution in [0.1, 0.15) is 41.4 Å². The molecule has 3 heterocycles. The van der Waals surface area contributed by atoms with Crippen LogP contribution in [-0.4, -0.2) is 33.2 Å². The van der Waals surface area contributed by atoms with Crippen molar-refractivity contribution in [3.63, 3.8) is 0 Å². The molecular formula is C18H23N3OS. The Morgan fingerprint density at radius 3 is 3.04 bits per heavy atom. The van der Waals surface area contributed by atoms with Crippen LogP contribution in [0.4, 0.5) is 0 Å². The molecule has 1 saturated heterocycles. The van der Waals surface area contributed by atoms with Crippen LogP contribution < -0.4 is 0 Å². The molecule has 1 aliphatic carbocycles. The van der Waals surface area contributed by atoms with E-state index in [0.29, 0.717) is 17.9 Å². The van der Waals surface area contributed by atoms with Crippen molar-refractivity contribution in [3.05, 3.63) is 40.3 Å². The topological polar surface area (TPSA) is 38.1 Å². The number of hydrogen-bond donors (Lipinski definition) is 0. The Morgan fingerprint density at radius 2 is 2.30 bits per heavy atom. The van der Waals surface area contributed by atoms with Crippen molar-refractivity contribution < 1.29 is 4.79 Å². The molecule has 4 nitrogen and oxygen atoms in total. The Balaban J connectivity index is 1.44. The maximum atomic E-state index is 13.0. The summed E-state index contributed by atoms with van der Waals surface area (Å²) in [6.45, 7) is 3.88. The maximum absolute atomic E-state index is 13.0. The molecule has 2 aromatic rings. The quantitative estimate of drug-likeness (QED) is 0.862. The van der Waals surface area contributed by atoms with E-state index in [1.807, 2.05) is 34.5 Å². The van der Waals surface area contributed by atoms with Gasteiger partial charge in [-0.1, -0.05) is 0 Å². The van der Waals surface area contributed by atoms with Gasteiger partial charge in [-0.05, 0) is 50.8 Å². The first-order chi connectivity index (χ1) is 11.2. The van der Waals surface area contributed by atoms with Gasteiger partial charge in [-0.2, -0.15) is 5.10 Å². The van der Waals surface area contributed by atoms with Crippen LogP contribution in [0.3, 0.4) is 0 Å². The molecule has 3 atom stereocenters. The van der Waals surface area contributed by atoms with Crippen LogP contribution in [0.5, 0.6) is 0 Å². The summed E-state index contributed by atoms with van der Waals surface area (Å²) in [6.07, 6.45) is 8.28. The fraction of sp³-hybridized carbons (Fsp3) is 0.556. The summed E-state index contributed by atoms with van der Waals surface area (Å²) < 4.78 is 1.96. The molecule has 0 spiro atoms. The Hall–Kier alpha value is -1.62. The van der Waals surface area contributed by atoms with Crippen LogP contribution in [-0.2, 0) is 11.3 Å². The van der Waals surface area contributed by atoms with Gasteiger partial charge in [0.15, 0.2) is 0 Å². The number of amides is 1. The number of nitrogens with zero attached hydrogens (tertiary/aromatic N) is 3. The van der Waals surface area contributed by atoms with Crippen LogP contribution in [0.2, 0.25) is 0 Å². The van der Waals surface area contributed by atoms with Crippen molar-refractivity contribution >= 4 is 17.2 Å². The maximum Gasteiger partial charge on any atom is 0.226 e. The molecule has 2 fully saturated rings. The molecule has 2 aromatic heterocycles. The van der Waals surface area contributed by atoms with Gasteiger partial charge in [0.05, 0.1) is 12.6 Å². The Morgan fingerprint density at radius 1 is 1.39 bits per heavy atom. The highest BCUT2D eigenvalue weighted by Gasteiger charge is 2.47. The standard InChI is InChI=1S/C18H23N3OS/c1-13-6-7-17(23-13)15-11-16(15)18(22)21-10-3-2-5-14(21)12-20-9-4-8-19-20/h4,6-9,14-16H,2-3,5,10-12H2,1H3/t14-,15+,16+/m0/s1. The third kappa shape index (κ3) is 3.07. The van der Waals surface area contributed by atoms with Gasteiger partial charge in [-0.15, -0.1) is 11.3 Å². The molecule has 0 radical (unpaired) electrons. The summed E-state index contributed by atoms with van der Waals surface area (Å²) in [5.41, 5.74) is 0. The Labute approximate surface area is 141 Å². The Bertz CT molecular complexity index is 678. The van der Waals surface area contributed by atoms with Crippen LogP contribution in [0, 0.1) is 12.8 Å². The molecule has 4 rings (SSSR count). The predicted octanol–water partition coefficient (Wildman–Crippen LogP) is 3.44. The zero-order valence-corrected chi connectivity index (χ0v) is 14.3. The average Bonchev–Trinajstić information content (AvgIpc) is 2.96. The number of thiophene rings is 1. The first-order valence-electron chi connectivity index (χ1n) is 8.56. The van der Waals surface area contributed by atoms with Crippen molar-refractivity contribution in [1.29, 1.82) is 0 Å². The summed E-state index contributed by atoms with van der Waals surface area (Å²) in [5.74, 6) is 1.05. The van der Waals surface area contributed by atoms with Gasteiger partial charge in [-0.3, -0.25) is 9.48 Å². The smallest absolute Gasteiger partial charge is 0.226 e. The van der Waals surface area contributed by atoms with E-state index in [-0.39, 0.29) is 5.92 Å². The lowest BCUT2D eigenvalue weighted by molar-refractivity contribution is -0.136. The molecule has 0 unspecified atom stereocenters. The largest absolute Gasteiger partial charge is 0.338 e. The second-order valence-electron chi connectivity index (χ2n) is 6.81. The van der Waals surface area contributed by atoms with Gasteiger partial charge in [0.2, 0.25) is 5.91 Å². The van der Waals surface area contributed by atoms with Crippen molar-refractivity contribution in [2.75, 3.05) is 6.54 Å². The third-order valence-electron chi connectivity index (χ3n) is 5.10. The Kier molecular flexibility index (Phi) is 3.97. The van der Waals surface area contributed by atoms with Crippen molar-refractivity contribution in [2.45, 2.75) is 51.1 Å². The second kappa shape index (κ2) is 6.11. The zero-order valence-electron chi connectivity index (χ0n) is 13.5.